The van der Waals surface area contributed by atoms with Crippen molar-refractivity contribution >= 4 is 11.6 Å². The topological polar surface area (TPSA) is 34.1 Å². The Balaban J connectivity index is 2.33. The largest absolute Gasteiger partial charge is 0.497 e. The minimum absolute atomic E-state index is 0.258. The zero-order valence-electron chi connectivity index (χ0n) is 10.8. The highest BCUT2D eigenvalue weighted by Gasteiger charge is 2.00. The van der Waals surface area contributed by atoms with Gasteiger partial charge in [0.1, 0.15) is 5.75 Å². The number of nitrogens with one attached hydrogen (secondary N) is 1. The van der Waals surface area contributed by atoms with Gasteiger partial charge in [-0.2, -0.15) is 0 Å². The number of pyridine rings is 1. The molecule has 1 atom stereocenters. The molecule has 0 radical (unpaired) electrons. The van der Waals surface area contributed by atoms with Crippen molar-refractivity contribution in [3.8, 4) is 5.75 Å². The van der Waals surface area contributed by atoms with E-state index in [9.17, 15) is 0 Å². The summed E-state index contributed by atoms with van der Waals surface area (Å²) in [5.74, 6) is 0.865. The fourth-order valence-corrected chi connectivity index (χ4v) is 1.79. The molecule has 17 heavy (non-hydrogen) atoms. The van der Waals surface area contributed by atoms with Crippen LogP contribution in [-0.4, -0.2) is 24.0 Å². The van der Waals surface area contributed by atoms with Crippen molar-refractivity contribution in [2.24, 2.45) is 0 Å². The Morgan fingerprint density at radius 3 is 2.88 bits per heavy atom. The van der Waals surface area contributed by atoms with Crippen molar-refractivity contribution in [2.75, 3.05) is 13.7 Å². The van der Waals surface area contributed by atoms with Crippen LogP contribution in [0.1, 0.15) is 31.2 Å². The molecule has 0 saturated carbocycles. The standard InChI is InChI=1S/C13H21ClN2O/c1-10(14)5-4-6-15-9-12-8-13(17-3)7-11(2)16-12/h7-8,10,15H,4-6,9H2,1-3H3. The van der Waals surface area contributed by atoms with Gasteiger partial charge in [-0.25, -0.2) is 0 Å². The quantitative estimate of drug-likeness (QED) is 0.602. The average Bonchev–Trinajstić information content (AvgIpc) is 2.27. The number of methoxy groups -OCH3 is 1. The molecule has 0 aromatic carbocycles. The van der Waals surface area contributed by atoms with Crippen LogP contribution >= 0.6 is 11.6 Å². The van der Waals surface area contributed by atoms with E-state index in [1.165, 1.54) is 0 Å². The van der Waals surface area contributed by atoms with E-state index >= 15 is 0 Å². The molecular weight excluding hydrogens is 236 g/mol. The van der Waals surface area contributed by atoms with Crippen LogP contribution in [0.3, 0.4) is 0 Å². The second-order valence-electron chi connectivity index (χ2n) is 4.24. The first kappa shape index (κ1) is 14.3. The lowest BCUT2D eigenvalue weighted by atomic mass is 10.2. The van der Waals surface area contributed by atoms with Gasteiger partial charge >= 0.3 is 0 Å². The SMILES string of the molecule is COc1cc(C)nc(CNCCCC(C)Cl)c1. The molecule has 0 aliphatic carbocycles. The zero-order valence-corrected chi connectivity index (χ0v) is 11.5. The molecule has 3 nitrogen and oxygen atoms in total. The first-order valence-electron chi connectivity index (χ1n) is 5.98. The lowest BCUT2D eigenvalue weighted by Crippen LogP contribution is -2.16. The Bertz CT molecular complexity index is 342. The van der Waals surface area contributed by atoms with Crippen LogP contribution in [0.15, 0.2) is 12.1 Å². The molecule has 0 saturated heterocycles. The van der Waals surface area contributed by atoms with Crippen LogP contribution in [-0.2, 0) is 6.54 Å². The Morgan fingerprint density at radius 1 is 1.47 bits per heavy atom. The Labute approximate surface area is 109 Å². The van der Waals surface area contributed by atoms with E-state index in [-0.39, 0.29) is 5.38 Å². The molecule has 1 N–H and O–H groups in total. The molecule has 4 heteroatoms. The molecule has 1 rings (SSSR count). The Kier molecular flexibility index (Phi) is 6.30. The molecule has 1 unspecified atom stereocenters. The summed E-state index contributed by atoms with van der Waals surface area (Å²) >= 11 is 5.88. The van der Waals surface area contributed by atoms with E-state index in [4.69, 9.17) is 16.3 Å². The molecule has 1 aromatic heterocycles. The van der Waals surface area contributed by atoms with E-state index in [2.05, 4.69) is 10.3 Å². The molecule has 1 aromatic rings. The fraction of sp³-hybridized carbons (Fsp3) is 0.615. The summed E-state index contributed by atoms with van der Waals surface area (Å²) < 4.78 is 5.21. The summed E-state index contributed by atoms with van der Waals surface area (Å²) in [5, 5.41) is 3.62. The zero-order chi connectivity index (χ0) is 12.7. The summed E-state index contributed by atoms with van der Waals surface area (Å²) in [6.07, 6.45) is 2.13. The van der Waals surface area contributed by atoms with Crippen molar-refractivity contribution in [3.05, 3.63) is 23.5 Å². The van der Waals surface area contributed by atoms with Gasteiger partial charge < -0.3 is 10.1 Å². The minimum Gasteiger partial charge on any atom is -0.497 e. The van der Waals surface area contributed by atoms with Gasteiger partial charge in [-0.15, -0.1) is 11.6 Å². The van der Waals surface area contributed by atoms with Crippen molar-refractivity contribution in [1.29, 1.82) is 0 Å². The smallest absolute Gasteiger partial charge is 0.122 e. The molecule has 0 spiro atoms. The lowest BCUT2D eigenvalue weighted by molar-refractivity contribution is 0.412. The third-order valence-electron chi connectivity index (χ3n) is 2.48. The highest BCUT2D eigenvalue weighted by Crippen LogP contribution is 2.13. The summed E-state index contributed by atoms with van der Waals surface area (Å²) in [7, 11) is 1.67. The van der Waals surface area contributed by atoms with Crippen LogP contribution in [0, 0.1) is 6.92 Å². The predicted molar refractivity (Wildman–Crippen MR) is 71.8 cm³/mol. The maximum atomic E-state index is 5.88. The first-order chi connectivity index (χ1) is 8.11. The van der Waals surface area contributed by atoms with Crippen LogP contribution in [0.4, 0.5) is 0 Å². The Morgan fingerprint density at radius 2 is 2.24 bits per heavy atom. The third-order valence-corrected chi connectivity index (χ3v) is 2.70. The first-order valence-corrected chi connectivity index (χ1v) is 6.42. The van der Waals surface area contributed by atoms with Gasteiger partial charge in [0.05, 0.1) is 12.8 Å². The van der Waals surface area contributed by atoms with Crippen LogP contribution in [0.25, 0.3) is 0 Å². The predicted octanol–water partition coefficient (Wildman–Crippen LogP) is 2.90. The fourth-order valence-electron chi connectivity index (χ4n) is 1.64. The molecule has 0 bridgehead atoms. The average molecular weight is 257 g/mol. The monoisotopic (exact) mass is 256 g/mol. The van der Waals surface area contributed by atoms with Crippen molar-refractivity contribution in [1.82, 2.24) is 10.3 Å². The highest BCUT2D eigenvalue weighted by atomic mass is 35.5. The summed E-state index contributed by atoms with van der Waals surface area (Å²) in [6, 6.07) is 3.89. The van der Waals surface area contributed by atoms with Gasteiger partial charge in [0.2, 0.25) is 0 Å². The van der Waals surface area contributed by atoms with E-state index in [0.717, 1.165) is 43.1 Å². The second kappa shape index (κ2) is 7.51. The lowest BCUT2D eigenvalue weighted by Gasteiger charge is -2.08. The normalized spacial score (nSPS) is 12.5. The van der Waals surface area contributed by atoms with Gasteiger partial charge in [0, 0.05) is 29.7 Å². The number of halogens is 1. The molecule has 0 aliphatic heterocycles. The van der Waals surface area contributed by atoms with Crippen molar-refractivity contribution in [3.63, 3.8) is 0 Å². The number of aromatic nitrogens is 1. The van der Waals surface area contributed by atoms with Crippen LogP contribution in [0.5, 0.6) is 5.75 Å². The molecule has 0 aliphatic rings. The summed E-state index contributed by atoms with van der Waals surface area (Å²) in [6.45, 7) is 5.74. The van der Waals surface area contributed by atoms with Crippen molar-refractivity contribution < 1.29 is 4.74 Å². The molecule has 1 heterocycles. The molecule has 0 fully saturated rings. The summed E-state index contributed by atoms with van der Waals surface area (Å²) in [5.41, 5.74) is 2.00. The van der Waals surface area contributed by atoms with E-state index in [1.54, 1.807) is 7.11 Å². The second-order valence-corrected chi connectivity index (χ2v) is 4.98. The van der Waals surface area contributed by atoms with E-state index in [0.29, 0.717) is 0 Å². The van der Waals surface area contributed by atoms with Gasteiger partial charge in [-0.05, 0) is 33.2 Å². The van der Waals surface area contributed by atoms with E-state index < -0.39 is 0 Å². The minimum atomic E-state index is 0.258. The van der Waals surface area contributed by atoms with Gasteiger partial charge in [-0.3, -0.25) is 4.98 Å². The van der Waals surface area contributed by atoms with Gasteiger partial charge in [-0.1, -0.05) is 0 Å². The third kappa shape index (κ3) is 5.89. The number of aryl methyl sites for hydroxylation is 1. The van der Waals surface area contributed by atoms with Gasteiger partial charge in [0.15, 0.2) is 0 Å². The number of rotatable bonds is 7. The Hall–Kier alpha value is -0.800. The summed E-state index contributed by atoms with van der Waals surface area (Å²) in [4.78, 5) is 4.45. The number of nitrogens with zero attached hydrogens (tertiary/aromatic N) is 1. The number of alkyl halides is 1. The molecule has 0 amide bonds. The molecule has 96 valence electrons. The van der Waals surface area contributed by atoms with Crippen molar-refractivity contribution in [2.45, 2.75) is 38.6 Å². The van der Waals surface area contributed by atoms with Crippen LogP contribution in [0.2, 0.25) is 0 Å². The van der Waals surface area contributed by atoms with E-state index in [1.807, 2.05) is 26.0 Å². The number of ether oxygens (including phenoxy) is 1. The number of hydrogen-bond donors (Lipinski definition) is 1. The molecular formula is C13H21ClN2O. The van der Waals surface area contributed by atoms with Crippen LogP contribution < -0.4 is 10.1 Å². The maximum absolute atomic E-state index is 5.88. The maximum Gasteiger partial charge on any atom is 0.122 e. The number of hydrogen-bond acceptors (Lipinski definition) is 3. The van der Waals surface area contributed by atoms with Gasteiger partial charge in [0.25, 0.3) is 0 Å². The highest BCUT2D eigenvalue weighted by molar-refractivity contribution is 6.20.